The van der Waals surface area contributed by atoms with Crippen molar-refractivity contribution in [1.29, 1.82) is 0 Å². The van der Waals surface area contributed by atoms with Crippen LogP contribution in [0.3, 0.4) is 0 Å². The Morgan fingerprint density at radius 2 is 2.23 bits per heavy atom. The van der Waals surface area contributed by atoms with E-state index in [1.807, 2.05) is 6.07 Å². The van der Waals surface area contributed by atoms with Crippen LogP contribution in [0.4, 0.5) is 5.69 Å². The minimum atomic E-state index is -0.445. The maximum absolute atomic E-state index is 11.4. The highest BCUT2D eigenvalue weighted by molar-refractivity contribution is 5.98. The summed E-state index contributed by atoms with van der Waals surface area (Å²) in [5.41, 5.74) is 6.62. The number of carbonyl (C=O) groups excluding carboxylic acids is 1. The second kappa shape index (κ2) is 8.10. The molecule has 1 saturated heterocycles. The van der Waals surface area contributed by atoms with Crippen LogP contribution in [0.2, 0.25) is 0 Å². The van der Waals surface area contributed by atoms with Crippen LogP contribution in [-0.2, 0) is 4.74 Å². The van der Waals surface area contributed by atoms with Gasteiger partial charge in [0, 0.05) is 38.1 Å². The van der Waals surface area contributed by atoms with E-state index in [1.165, 1.54) is 6.20 Å². The summed E-state index contributed by atoms with van der Waals surface area (Å²) in [4.78, 5) is 17.8. The van der Waals surface area contributed by atoms with Crippen LogP contribution in [0, 0.1) is 0 Å². The molecule has 1 aromatic rings. The number of piperidine rings is 1. The van der Waals surface area contributed by atoms with Crippen LogP contribution in [0.25, 0.3) is 0 Å². The molecule has 2 heterocycles. The van der Waals surface area contributed by atoms with Gasteiger partial charge in [0.05, 0.1) is 24.0 Å². The first-order valence-corrected chi connectivity index (χ1v) is 7.90. The molecular formula is C16H26N4O2. The van der Waals surface area contributed by atoms with Crippen molar-refractivity contribution in [3.63, 3.8) is 0 Å². The van der Waals surface area contributed by atoms with Gasteiger partial charge in [-0.25, -0.2) is 0 Å². The lowest BCUT2D eigenvalue weighted by Gasteiger charge is -2.33. The Hall–Kier alpha value is -1.66. The molecule has 1 aromatic heterocycles. The lowest BCUT2D eigenvalue weighted by molar-refractivity contribution is 0.0543. The Morgan fingerprint density at radius 3 is 2.86 bits per heavy atom. The van der Waals surface area contributed by atoms with E-state index in [9.17, 15) is 4.79 Å². The van der Waals surface area contributed by atoms with E-state index >= 15 is 0 Å². The van der Waals surface area contributed by atoms with Crippen molar-refractivity contribution in [2.24, 2.45) is 5.73 Å². The first kappa shape index (κ1) is 16.7. The molecule has 0 saturated carbocycles. The number of ether oxygens (including phenoxy) is 1. The molecule has 1 aliphatic rings. The second-order valence-corrected chi connectivity index (χ2v) is 5.97. The van der Waals surface area contributed by atoms with Crippen LogP contribution in [0.15, 0.2) is 18.5 Å². The molecule has 122 valence electrons. The molecule has 2 rings (SSSR count). The second-order valence-electron chi connectivity index (χ2n) is 5.97. The fourth-order valence-corrected chi connectivity index (χ4v) is 2.65. The van der Waals surface area contributed by atoms with Crippen molar-refractivity contribution in [2.45, 2.75) is 38.8 Å². The number of pyridine rings is 1. The number of aromatic nitrogens is 1. The highest BCUT2D eigenvalue weighted by Gasteiger charge is 2.20. The van der Waals surface area contributed by atoms with E-state index in [-0.39, 0.29) is 6.10 Å². The predicted octanol–water partition coefficient (Wildman–Crippen LogP) is 1.48. The van der Waals surface area contributed by atoms with E-state index in [0.29, 0.717) is 11.6 Å². The molecule has 0 atom stereocenters. The summed E-state index contributed by atoms with van der Waals surface area (Å²) in [7, 11) is 0. The summed E-state index contributed by atoms with van der Waals surface area (Å²) in [5, 5.41) is 3.43. The maximum atomic E-state index is 11.4. The SMILES string of the molecule is CC(C)OCCN1CCC(Nc2ccncc2C(N)=O)CC1. The first-order chi connectivity index (χ1) is 10.6. The van der Waals surface area contributed by atoms with Crippen molar-refractivity contribution in [2.75, 3.05) is 31.6 Å². The van der Waals surface area contributed by atoms with E-state index in [0.717, 1.165) is 44.8 Å². The van der Waals surface area contributed by atoms with Crippen molar-refractivity contribution < 1.29 is 9.53 Å². The number of hydrogen-bond acceptors (Lipinski definition) is 5. The molecule has 6 heteroatoms. The average molecular weight is 306 g/mol. The Morgan fingerprint density at radius 1 is 1.50 bits per heavy atom. The molecule has 22 heavy (non-hydrogen) atoms. The van der Waals surface area contributed by atoms with Crippen LogP contribution >= 0.6 is 0 Å². The number of nitrogens with two attached hydrogens (primary N) is 1. The van der Waals surface area contributed by atoms with E-state index in [1.54, 1.807) is 6.20 Å². The molecule has 1 amide bonds. The summed E-state index contributed by atoms with van der Waals surface area (Å²) >= 11 is 0. The third kappa shape index (κ3) is 4.96. The zero-order valence-corrected chi connectivity index (χ0v) is 13.4. The lowest BCUT2D eigenvalue weighted by atomic mass is 10.0. The number of rotatable bonds is 7. The monoisotopic (exact) mass is 306 g/mol. The van der Waals surface area contributed by atoms with Crippen molar-refractivity contribution in [3.05, 3.63) is 24.0 Å². The zero-order valence-electron chi connectivity index (χ0n) is 13.4. The number of anilines is 1. The number of carbonyl (C=O) groups is 1. The summed E-state index contributed by atoms with van der Waals surface area (Å²) < 4.78 is 5.59. The lowest BCUT2D eigenvalue weighted by Crippen LogP contribution is -2.41. The van der Waals surface area contributed by atoms with E-state index in [4.69, 9.17) is 10.5 Å². The Bertz CT molecular complexity index is 485. The molecule has 0 unspecified atom stereocenters. The third-order valence-electron chi connectivity index (χ3n) is 3.89. The van der Waals surface area contributed by atoms with Gasteiger partial charge in [-0.3, -0.25) is 9.78 Å². The molecule has 0 aliphatic carbocycles. The van der Waals surface area contributed by atoms with Crippen LogP contribution < -0.4 is 11.1 Å². The number of amides is 1. The van der Waals surface area contributed by atoms with Crippen LogP contribution in [0.1, 0.15) is 37.0 Å². The molecule has 0 bridgehead atoms. The highest BCUT2D eigenvalue weighted by Crippen LogP contribution is 2.19. The van der Waals surface area contributed by atoms with Crippen molar-refractivity contribution in [3.8, 4) is 0 Å². The smallest absolute Gasteiger partial charge is 0.252 e. The Labute approximate surface area is 132 Å². The number of primary amides is 1. The fraction of sp³-hybridized carbons (Fsp3) is 0.625. The van der Waals surface area contributed by atoms with Gasteiger partial charge in [-0.1, -0.05) is 0 Å². The van der Waals surface area contributed by atoms with Gasteiger partial charge in [-0.05, 0) is 32.8 Å². The zero-order chi connectivity index (χ0) is 15.9. The topological polar surface area (TPSA) is 80.5 Å². The van der Waals surface area contributed by atoms with E-state index < -0.39 is 5.91 Å². The molecule has 0 aromatic carbocycles. The average Bonchev–Trinajstić information content (AvgIpc) is 2.49. The number of nitrogens with zero attached hydrogens (tertiary/aromatic N) is 2. The minimum Gasteiger partial charge on any atom is -0.381 e. The fourth-order valence-electron chi connectivity index (χ4n) is 2.65. The van der Waals surface area contributed by atoms with Gasteiger partial charge in [0.2, 0.25) is 0 Å². The maximum Gasteiger partial charge on any atom is 0.252 e. The minimum absolute atomic E-state index is 0.290. The molecule has 6 nitrogen and oxygen atoms in total. The number of nitrogens with one attached hydrogen (secondary N) is 1. The normalized spacial score (nSPS) is 16.9. The summed E-state index contributed by atoms with van der Waals surface area (Å²) in [5.74, 6) is -0.445. The van der Waals surface area contributed by atoms with Gasteiger partial charge in [0.25, 0.3) is 5.91 Å². The molecule has 1 fully saturated rings. The number of likely N-dealkylation sites (tertiary alicyclic amines) is 1. The molecular weight excluding hydrogens is 280 g/mol. The van der Waals surface area contributed by atoms with Gasteiger partial charge in [-0.2, -0.15) is 0 Å². The molecule has 1 aliphatic heterocycles. The van der Waals surface area contributed by atoms with Gasteiger partial charge in [-0.15, -0.1) is 0 Å². The molecule has 3 N–H and O–H groups in total. The Balaban J connectivity index is 1.79. The number of hydrogen-bond donors (Lipinski definition) is 2. The summed E-state index contributed by atoms with van der Waals surface area (Å²) in [6.07, 6.45) is 5.57. The van der Waals surface area contributed by atoms with Gasteiger partial charge in [0.15, 0.2) is 0 Å². The Kier molecular flexibility index (Phi) is 6.15. The quantitative estimate of drug-likeness (QED) is 0.797. The highest BCUT2D eigenvalue weighted by atomic mass is 16.5. The molecule has 0 radical (unpaired) electrons. The van der Waals surface area contributed by atoms with Gasteiger partial charge >= 0.3 is 0 Å². The van der Waals surface area contributed by atoms with Gasteiger partial charge < -0.3 is 20.7 Å². The largest absolute Gasteiger partial charge is 0.381 e. The third-order valence-corrected chi connectivity index (χ3v) is 3.89. The van der Waals surface area contributed by atoms with Gasteiger partial charge in [0.1, 0.15) is 0 Å². The van der Waals surface area contributed by atoms with Crippen LogP contribution in [-0.4, -0.2) is 54.2 Å². The standard InChI is InChI=1S/C16H26N4O2/c1-12(2)22-10-9-20-7-4-13(5-8-20)19-15-3-6-18-11-14(15)16(17)21/h3,6,11-13H,4-5,7-10H2,1-2H3,(H2,17,21)(H,18,19). The first-order valence-electron chi connectivity index (χ1n) is 7.90. The predicted molar refractivity (Wildman–Crippen MR) is 86.9 cm³/mol. The van der Waals surface area contributed by atoms with Crippen LogP contribution in [0.5, 0.6) is 0 Å². The molecule has 0 spiro atoms. The van der Waals surface area contributed by atoms with Crippen molar-refractivity contribution >= 4 is 11.6 Å². The van der Waals surface area contributed by atoms with E-state index in [2.05, 4.69) is 29.0 Å². The summed E-state index contributed by atoms with van der Waals surface area (Å²) in [6, 6.07) is 2.17. The summed E-state index contributed by atoms with van der Waals surface area (Å²) in [6.45, 7) is 7.95. The van der Waals surface area contributed by atoms with Crippen molar-refractivity contribution in [1.82, 2.24) is 9.88 Å².